The van der Waals surface area contributed by atoms with Crippen molar-refractivity contribution in [1.29, 1.82) is 0 Å². The van der Waals surface area contributed by atoms with Crippen LogP contribution >= 0.6 is 0 Å². The van der Waals surface area contributed by atoms with Gasteiger partial charge in [0, 0.05) is 21.0 Å². The fourth-order valence-electron chi connectivity index (χ4n) is 2.64. The first-order valence-electron chi connectivity index (χ1n) is 9.92. The normalized spacial score (nSPS) is 10.9. The van der Waals surface area contributed by atoms with Crippen molar-refractivity contribution in [2.45, 2.75) is 86.0 Å². The van der Waals surface area contributed by atoms with Crippen LogP contribution in [0.3, 0.4) is 0 Å². The van der Waals surface area contributed by atoms with E-state index in [4.69, 9.17) is 0 Å². The van der Waals surface area contributed by atoms with Gasteiger partial charge in [0.2, 0.25) is 5.91 Å². The minimum Gasteiger partial charge on any atom is -0.349 e. The van der Waals surface area contributed by atoms with E-state index in [1.165, 1.54) is 93.9 Å². The summed E-state index contributed by atoms with van der Waals surface area (Å²) >= 11 is 0. The van der Waals surface area contributed by atoms with Crippen molar-refractivity contribution in [3.05, 3.63) is 0 Å². The van der Waals surface area contributed by atoms with Crippen molar-refractivity contribution in [2.24, 2.45) is 0 Å². The molecule has 0 N–H and O–H groups in total. The van der Waals surface area contributed by atoms with E-state index >= 15 is 0 Å². The molecule has 23 heavy (non-hydrogen) atoms. The van der Waals surface area contributed by atoms with Crippen LogP contribution in [0.5, 0.6) is 0 Å². The number of quaternary nitrogens is 1. The van der Waals surface area contributed by atoms with Gasteiger partial charge in [-0.1, -0.05) is 53.4 Å². The SMILES string of the molecule is CC(=O)N(C)C.CCCC[N+](CCCC)(CCCC)CCCC. The summed E-state index contributed by atoms with van der Waals surface area (Å²) in [6.07, 6.45) is 11.1. The summed E-state index contributed by atoms with van der Waals surface area (Å²) in [5, 5.41) is 0. The van der Waals surface area contributed by atoms with E-state index in [1.54, 1.807) is 14.1 Å². The molecule has 0 unspecified atom stereocenters. The Bertz CT molecular complexity index is 227. The molecule has 0 aromatic rings. The first kappa shape index (κ1) is 24.7. The molecule has 0 aromatic carbocycles. The Morgan fingerprint density at radius 2 is 0.913 bits per heavy atom. The molecule has 140 valence electrons. The van der Waals surface area contributed by atoms with E-state index in [1.807, 2.05) is 0 Å². The van der Waals surface area contributed by atoms with E-state index in [0.717, 1.165) is 0 Å². The zero-order chi connectivity index (χ0) is 18.1. The van der Waals surface area contributed by atoms with Crippen LogP contribution < -0.4 is 0 Å². The molecule has 0 heterocycles. The molecule has 0 aliphatic rings. The summed E-state index contributed by atoms with van der Waals surface area (Å²) in [6.45, 7) is 16.5. The molecule has 0 aliphatic heterocycles. The summed E-state index contributed by atoms with van der Waals surface area (Å²) in [4.78, 5) is 11.6. The Hall–Kier alpha value is -0.570. The Morgan fingerprint density at radius 1 is 0.696 bits per heavy atom. The highest BCUT2D eigenvalue weighted by Crippen LogP contribution is 2.16. The van der Waals surface area contributed by atoms with Crippen LogP contribution in [-0.4, -0.2) is 55.6 Å². The molecule has 0 saturated heterocycles. The van der Waals surface area contributed by atoms with E-state index < -0.39 is 0 Å². The molecule has 0 rings (SSSR count). The molecule has 0 atom stereocenters. The quantitative estimate of drug-likeness (QED) is 0.456. The monoisotopic (exact) mass is 329 g/mol. The second kappa shape index (κ2) is 16.3. The lowest BCUT2D eigenvalue weighted by atomic mass is 10.1. The average molecular weight is 330 g/mol. The summed E-state index contributed by atoms with van der Waals surface area (Å²) in [7, 11) is 3.45. The van der Waals surface area contributed by atoms with E-state index in [0.29, 0.717) is 0 Å². The van der Waals surface area contributed by atoms with Crippen molar-refractivity contribution in [2.75, 3.05) is 40.3 Å². The van der Waals surface area contributed by atoms with Gasteiger partial charge in [0.05, 0.1) is 26.2 Å². The van der Waals surface area contributed by atoms with E-state index in [9.17, 15) is 4.79 Å². The molecule has 0 radical (unpaired) electrons. The van der Waals surface area contributed by atoms with Gasteiger partial charge < -0.3 is 9.38 Å². The highest BCUT2D eigenvalue weighted by Gasteiger charge is 2.24. The van der Waals surface area contributed by atoms with Crippen LogP contribution in [0.15, 0.2) is 0 Å². The van der Waals surface area contributed by atoms with Gasteiger partial charge >= 0.3 is 0 Å². The molecule has 0 saturated carbocycles. The van der Waals surface area contributed by atoms with Crippen LogP contribution in [0.1, 0.15) is 86.0 Å². The number of rotatable bonds is 12. The number of carbonyl (C=O) groups is 1. The van der Waals surface area contributed by atoms with E-state index in [-0.39, 0.29) is 5.91 Å². The maximum Gasteiger partial charge on any atom is 0.218 e. The zero-order valence-corrected chi connectivity index (χ0v) is 17.3. The predicted octanol–water partition coefficient (Wildman–Crippen LogP) is 5.10. The highest BCUT2D eigenvalue weighted by atomic mass is 16.2. The second-order valence-corrected chi connectivity index (χ2v) is 7.06. The largest absolute Gasteiger partial charge is 0.349 e. The van der Waals surface area contributed by atoms with Gasteiger partial charge in [-0.05, 0) is 25.7 Å². The number of nitrogens with zero attached hydrogens (tertiary/aromatic N) is 2. The fourth-order valence-corrected chi connectivity index (χ4v) is 2.64. The minimum absolute atomic E-state index is 0.0926. The number of carbonyl (C=O) groups excluding carboxylic acids is 1. The molecule has 3 heteroatoms. The highest BCUT2D eigenvalue weighted by molar-refractivity contribution is 5.72. The van der Waals surface area contributed by atoms with E-state index in [2.05, 4.69) is 27.7 Å². The Morgan fingerprint density at radius 3 is 1.04 bits per heavy atom. The van der Waals surface area contributed by atoms with Crippen LogP contribution in [0.4, 0.5) is 0 Å². The summed E-state index contributed by atoms with van der Waals surface area (Å²) < 4.78 is 1.42. The Kier molecular flexibility index (Phi) is 17.5. The lowest BCUT2D eigenvalue weighted by Gasteiger charge is -2.39. The van der Waals surface area contributed by atoms with Crippen LogP contribution in [0, 0.1) is 0 Å². The molecule has 1 amide bonds. The van der Waals surface area contributed by atoms with Crippen molar-refractivity contribution in [3.8, 4) is 0 Å². The summed E-state index contributed by atoms with van der Waals surface area (Å²) in [5.41, 5.74) is 0. The minimum atomic E-state index is 0.0926. The van der Waals surface area contributed by atoms with Crippen LogP contribution in [0.25, 0.3) is 0 Å². The summed E-state index contributed by atoms with van der Waals surface area (Å²) in [5.74, 6) is 0.0926. The Labute approximate surface area is 147 Å². The third-order valence-corrected chi connectivity index (χ3v) is 4.57. The zero-order valence-electron chi connectivity index (χ0n) is 17.3. The molecule has 0 spiro atoms. The topological polar surface area (TPSA) is 20.3 Å². The molecule has 0 fully saturated rings. The van der Waals surface area contributed by atoms with Gasteiger partial charge in [-0.25, -0.2) is 0 Å². The third kappa shape index (κ3) is 14.7. The summed E-state index contributed by atoms with van der Waals surface area (Å²) in [6, 6.07) is 0. The van der Waals surface area contributed by atoms with Crippen molar-refractivity contribution >= 4 is 5.91 Å². The number of hydrogen-bond acceptors (Lipinski definition) is 1. The first-order valence-corrected chi connectivity index (χ1v) is 9.92. The first-order chi connectivity index (χ1) is 10.9. The van der Waals surface area contributed by atoms with Crippen LogP contribution in [-0.2, 0) is 4.79 Å². The number of unbranched alkanes of at least 4 members (excludes halogenated alkanes) is 4. The lowest BCUT2D eigenvalue weighted by molar-refractivity contribution is -0.929. The average Bonchev–Trinajstić information content (AvgIpc) is 2.54. The lowest BCUT2D eigenvalue weighted by Crippen LogP contribution is -2.50. The van der Waals surface area contributed by atoms with Gasteiger partial charge in [0.15, 0.2) is 0 Å². The van der Waals surface area contributed by atoms with Gasteiger partial charge in [0.25, 0.3) is 0 Å². The fraction of sp³-hybridized carbons (Fsp3) is 0.950. The smallest absolute Gasteiger partial charge is 0.218 e. The molecule has 0 aromatic heterocycles. The molecular formula is C20H45N2O+. The van der Waals surface area contributed by atoms with Crippen LogP contribution in [0.2, 0.25) is 0 Å². The maximum atomic E-state index is 10.1. The number of hydrogen-bond donors (Lipinski definition) is 0. The molecule has 0 bridgehead atoms. The predicted molar refractivity (Wildman–Crippen MR) is 104 cm³/mol. The van der Waals surface area contributed by atoms with Gasteiger partial charge in [-0.3, -0.25) is 4.79 Å². The van der Waals surface area contributed by atoms with Crippen molar-refractivity contribution in [3.63, 3.8) is 0 Å². The molecule has 0 aliphatic carbocycles. The van der Waals surface area contributed by atoms with Gasteiger partial charge in [-0.2, -0.15) is 0 Å². The van der Waals surface area contributed by atoms with Gasteiger partial charge in [-0.15, -0.1) is 0 Å². The number of amides is 1. The van der Waals surface area contributed by atoms with Crippen molar-refractivity contribution < 1.29 is 9.28 Å². The third-order valence-electron chi connectivity index (χ3n) is 4.57. The molecule has 3 nitrogen and oxygen atoms in total. The second-order valence-electron chi connectivity index (χ2n) is 7.06. The standard InChI is InChI=1S/C16H36N.C4H9NO/c1-5-9-13-17(14-10-6-2,15-11-7-3)16-12-8-4;1-4(6)5(2)3/h5-16H2,1-4H3;1-3H3/q+1;. The maximum absolute atomic E-state index is 10.1. The Balaban J connectivity index is 0. The molecular weight excluding hydrogens is 284 g/mol. The van der Waals surface area contributed by atoms with Gasteiger partial charge in [0.1, 0.15) is 0 Å². The van der Waals surface area contributed by atoms with Crippen molar-refractivity contribution in [1.82, 2.24) is 4.90 Å².